The summed E-state index contributed by atoms with van der Waals surface area (Å²) in [6, 6.07) is 0. The van der Waals surface area contributed by atoms with Crippen LogP contribution in [-0.4, -0.2) is 82.3 Å². The molecule has 0 aliphatic heterocycles. The number of aliphatic carboxylic acids is 1. The van der Waals surface area contributed by atoms with Gasteiger partial charge in [-0.25, -0.2) is 0 Å². The minimum atomic E-state index is -1.62. The Morgan fingerprint density at radius 1 is 0.400 bits per heavy atom. The number of ether oxygens (including phenoxy) is 4. The van der Waals surface area contributed by atoms with Gasteiger partial charge < -0.3 is 33.3 Å². The standard InChI is InChI=1S/C66H123NO8/c1-6-8-10-12-14-16-18-20-21-22-23-24-25-26-27-28-29-30-31-32-33-34-35-36-37-38-39-40-41-42-43-45-47-49-51-53-55-57-64(69)75-62(61-74-66(65(70)71)72-59-58-67(3,4)5)60-73-63(68)56-54-52-50-48-46-44-19-17-15-13-11-9-7-2/h17-20,22-23,62,66H,6-16,21,24-61H2,1-5H3/b19-17-,20-18-,23-22-. The SMILES string of the molecule is CCCCCC/C=C\CCCCCCCC(=O)OCC(COC(OCC[N+](C)(C)C)C(=O)[O-])OC(=O)CCCCCCCCCCCCCCCCCCCCCCCCCCC/C=C\C/C=C\CCCCCCC. The van der Waals surface area contributed by atoms with Crippen LogP contribution in [0.1, 0.15) is 309 Å². The average Bonchev–Trinajstić information content (AvgIpc) is 3.38. The van der Waals surface area contributed by atoms with Crippen molar-refractivity contribution in [1.29, 1.82) is 0 Å². The minimum absolute atomic E-state index is 0.149. The number of nitrogens with zero attached hydrogens (tertiary/aromatic N) is 1. The van der Waals surface area contributed by atoms with E-state index in [0.29, 0.717) is 17.4 Å². The van der Waals surface area contributed by atoms with Gasteiger partial charge in [0.05, 0.1) is 40.3 Å². The molecule has 75 heavy (non-hydrogen) atoms. The Balaban J connectivity index is 3.95. The second kappa shape index (κ2) is 57.7. The first-order valence-electron chi connectivity index (χ1n) is 32.1. The maximum absolute atomic E-state index is 12.9. The molecule has 0 amide bonds. The molecule has 9 nitrogen and oxygen atoms in total. The van der Waals surface area contributed by atoms with Gasteiger partial charge in [-0.3, -0.25) is 9.59 Å². The summed E-state index contributed by atoms with van der Waals surface area (Å²) in [7, 11) is 5.93. The molecule has 2 atom stereocenters. The van der Waals surface area contributed by atoms with E-state index < -0.39 is 24.3 Å². The van der Waals surface area contributed by atoms with Crippen molar-refractivity contribution in [2.75, 3.05) is 47.5 Å². The molecule has 0 spiro atoms. The fourth-order valence-corrected chi connectivity index (χ4v) is 9.39. The topological polar surface area (TPSA) is 111 Å². The number of carboxylic acids is 1. The van der Waals surface area contributed by atoms with Crippen molar-refractivity contribution in [2.45, 2.75) is 322 Å². The Labute approximate surface area is 464 Å². The van der Waals surface area contributed by atoms with Crippen LogP contribution in [0.4, 0.5) is 0 Å². The van der Waals surface area contributed by atoms with Gasteiger partial charge in [0, 0.05) is 12.8 Å². The quantitative estimate of drug-likeness (QED) is 0.0195. The number of hydrogen-bond donors (Lipinski definition) is 0. The summed E-state index contributed by atoms with van der Waals surface area (Å²) >= 11 is 0. The maximum atomic E-state index is 12.9. The van der Waals surface area contributed by atoms with E-state index in [1.165, 1.54) is 218 Å². The lowest BCUT2D eigenvalue weighted by atomic mass is 10.0. The van der Waals surface area contributed by atoms with Gasteiger partial charge >= 0.3 is 11.9 Å². The molecule has 440 valence electrons. The maximum Gasteiger partial charge on any atom is 0.306 e. The van der Waals surface area contributed by atoms with Gasteiger partial charge in [-0.1, -0.05) is 262 Å². The number of unbranched alkanes of at least 4 members (excludes halogenated alkanes) is 39. The third-order valence-electron chi connectivity index (χ3n) is 14.4. The lowest BCUT2D eigenvalue weighted by Crippen LogP contribution is -2.44. The lowest BCUT2D eigenvalue weighted by molar-refractivity contribution is -0.870. The molecule has 2 unspecified atom stereocenters. The van der Waals surface area contributed by atoms with Crippen LogP contribution in [0.25, 0.3) is 0 Å². The summed E-state index contributed by atoms with van der Waals surface area (Å²) in [5.74, 6) is -2.28. The van der Waals surface area contributed by atoms with Crippen LogP contribution in [0.2, 0.25) is 0 Å². The van der Waals surface area contributed by atoms with E-state index in [9.17, 15) is 19.5 Å². The number of hydrogen-bond acceptors (Lipinski definition) is 8. The molecule has 0 bridgehead atoms. The Hall–Kier alpha value is -2.49. The highest BCUT2D eigenvalue weighted by molar-refractivity contribution is 5.70. The van der Waals surface area contributed by atoms with Gasteiger partial charge in [-0.15, -0.1) is 0 Å². The summed E-state index contributed by atoms with van der Waals surface area (Å²) in [6.07, 6.45) is 68.1. The summed E-state index contributed by atoms with van der Waals surface area (Å²) in [5, 5.41) is 11.8. The minimum Gasteiger partial charge on any atom is -0.545 e. The highest BCUT2D eigenvalue weighted by atomic mass is 16.7. The number of quaternary nitrogens is 1. The van der Waals surface area contributed by atoms with E-state index in [4.69, 9.17) is 18.9 Å². The Morgan fingerprint density at radius 3 is 1.08 bits per heavy atom. The number of allylic oxidation sites excluding steroid dienone is 6. The van der Waals surface area contributed by atoms with E-state index in [0.717, 1.165) is 57.8 Å². The second-order valence-corrected chi connectivity index (χ2v) is 23.0. The molecule has 0 aliphatic rings. The Bertz CT molecular complexity index is 1320. The molecule has 0 radical (unpaired) electrons. The van der Waals surface area contributed by atoms with Crippen LogP contribution in [-0.2, 0) is 33.3 Å². The van der Waals surface area contributed by atoms with Crippen molar-refractivity contribution in [3.8, 4) is 0 Å². The number of carboxylic acid groups (broad SMARTS) is 1. The molecule has 0 N–H and O–H groups in total. The molecule has 0 aromatic carbocycles. The zero-order valence-corrected chi connectivity index (χ0v) is 50.2. The normalized spacial score (nSPS) is 12.9. The fraction of sp³-hybridized carbons (Fsp3) is 0.864. The Kier molecular flexibility index (Phi) is 55.8. The molecule has 0 fully saturated rings. The molecule has 9 heteroatoms. The average molecular weight is 1060 g/mol. The largest absolute Gasteiger partial charge is 0.545 e. The van der Waals surface area contributed by atoms with Gasteiger partial charge in [0.1, 0.15) is 13.2 Å². The molecule has 0 aromatic rings. The third kappa shape index (κ3) is 59.0. The molecule has 0 saturated carbocycles. The highest BCUT2D eigenvalue weighted by Crippen LogP contribution is 2.18. The molecule has 0 rings (SSSR count). The highest BCUT2D eigenvalue weighted by Gasteiger charge is 2.22. The van der Waals surface area contributed by atoms with Crippen molar-refractivity contribution in [2.24, 2.45) is 0 Å². The molecule has 0 heterocycles. The summed E-state index contributed by atoms with van der Waals surface area (Å²) in [4.78, 5) is 37.2. The zero-order chi connectivity index (χ0) is 54.8. The van der Waals surface area contributed by atoms with E-state index in [-0.39, 0.29) is 38.6 Å². The van der Waals surface area contributed by atoms with Gasteiger partial charge in [-0.05, 0) is 70.6 Å². The first kappa shape index (κ1) is 72.5. The second-order valence-electron chi connectivity index (χ2n) is 23.0. The van der Waals surface area contributed by atoms with Crippen LogP contribution in [0.3, 0.4) is 0 Å². The number of rotatable bonds is 60. The lowest BCUT2D eigenvalue weighted by Gasteiger charge is -2.26. The Morgan fingerprint density at radius 2 is 0.720 bits per heavy atom. The van der Waals surface area contributed by atoms with E-state index >= 15 is 0 Å². The molecule has 0 aliphatic carbocycles. The number of carbonyl (C=O) groups excluding carboxylic acids is 3. The van der Waals surface area contributed by atoms with Crippen LogP contribution >= 0.6 is 0 Å². The number of carbonyl (C=O) groups is 3. The molecule has 0 saturated heterocycles. The van der Waals surface area contributed by atoms with E-state index in [1.54, 1.807) is 0 Å². The zero-order valence-electron chi connectivity index (χ0n) is 50.2. The van der Waals surface area contributed by atoms with Gasteiger partial charge in [-0.2, -0.15) is 0 Å². The summed E-state index contributed by atoms with van der Waals surface area (Å²) in [6.45, 7) is 4.75. The first-order valence-corrected chi connectivity index (χ1v) is 32.1. The first-order chi connectivity index (χ1) is 36.6. The van der Waals surface area contributed by atoms with Crippen LogP contribution < -0.4 is 5.11 Å². The molecular formula is C66H123NO8. The molecular weight excluding hydrogens is 935 g/mol. The van der Waals surface area contributed by atoms with Gasteiger partial charge in [0.15, 0.2) is 12.4 Å². The van der Waals surface area contributed by atoms with Gasteiger partial charge in [0.2, 0.25) is 0 Å². The van der Waals surface area contributed by atoms with Crippen LogP contribution in [0.15, 0.2) is 36.5 Å². The van der Waals surface area contributed by atoms with E-state index in [1.807, 2.05) is 21.1 Å². The van der Waals surface area contributed by atoms with Crippen molar-refractivity contribution in [3.63, 3.8) is 0 Å². The smallest absolute Gasteiger partial charge is 0.306 e. The predicted molar refractivity (Wildman–Crippen MR) is 316 cm³/mol. The fourth-order valence-electron chi connectivity index (χ4n) is 9.39. The summed E-state index contributed by atoms with van der Waals surface area (Å²) < 4.78 is 22.7. The van der Waals surface area contributed by atoms with Crippen LogP contribution in [0, 0.1) is 0 Å². The van der Waals surface area contributed by atoms with Crippen molar-refractivity contribution >= 4 is 17.9 Å². The monoisotopic (exact) mass is 1060 g/mol. The van der Waals surface area contributed by atoms with E-state index in [2.05, 4.69) is 50.3 Å². The summed E-state index contributed by atoms with van der Waals surface area (Å²) in [5.41, 5.74) is 0. The van der Waals surface area contributed by atoms with Gasteiger partial charge in [0.25, 0.3) is 0 Å². The molecule has 0 aromatic heterocycles. The van der Waals surface area contributed by atoms with Crippen molar-refractivity contribution < 1.29 is 42.9 Å². The predicted octanol–water partition coefficient (Wildman–Crippen LogP) is 17.9. The number of esters is 2. The number of likely N-dealkylation sites (N-methyl/N-ethyl adjacent to an activating group) is 1. The van der Waals surface area contributed by atoms with Crippen molar-refractivity contribution in [1.82, 2.24) is 0 Å². The third-order valence-corrected chi connectivity index (χ3v) is 14.4. The van der Waals surface area contributed by atoms with Crippen molar-refractivity contribution in [3.05, 3.63) is 36.5 Å². The van der Waals surface area contributed by atoms with Crippen LogP contribution in [0.5, 0.6) is 0 Å².